The van der Waals surface area contributed by atoms with Gasteiger partial charge in [-0.2, -0.15) is 0 Å². The van der Waals surface area contributed by atoms with Crippen molar-refractivity contribution in [2.45, 2.75) is 39.7 Å². The highest BCUT2D eigenvalue weighted by atomic mass is 16.5. The number of hydrogen-bond acceptors (Lipinski definition) is 3. The Morgan fingerprint density at radius 2 is 2.27 bits per heavy atom. The van der Waals surface area contributed by atoms with Gasteiger partial charge in [0, 0.05) is 25.4 Å². The third-order valence-electron chi connectivity index (χ3n) is 3.86. The van der Waals surface area contributed by atoms with Gasteiger partial charge in [0.25, 0.3) is 0 Å². The van der Waals surface area contributed by atoms with Crippen LogP contribution in [-0.4, -0.2) is 25.0 Å². The minimum Gasteiger partial charge on any atom is -0.494 e. The van der Waals surface area contributed by atoms with E-state index in [4.69, 9.17) is 4.74 Å². The van der Waals surface area contributed by atoms with Crippen LogP contribution in [0.15, 0.2) is 18.2 Å². The molecule has 1 fully saturated rings. The van der Waals surface area contributed by atoms with Crippen molar-refractivity contribution < 1.29 is 14.3 Å². The number of hydrogen-bond donors (Lipinski definition) is 2. The van der Waals surface area contributed by atoms with Crippen molar-refractivity contribution in [3.63, 3.8) is 0 Å². The first-order valence-corrected chi connectivity index (χ1v) is 7.87. The van der Waals surface area contributed by atoms with Gasteiger partial charge in [-0.05, 0) is 43.0 Å². The summed E-state index contributed by atoms with van der Waals surface area (Å²) in [5.74, 6) is 0.570. The van der Waals surface area contributed by atoms with E-state index in [0.29, 0.717) is 26.1 Å². The number of aryl methyl sites for hydroxylation is 1. The van der Waals surface area contributed by atoms with Gasteiger partial charge in [0.05, 0.1) is 6.61 Å². The SMILES string of the molecule is CCCOc1ccc(CNC(=O)[C@@H]2CCNC(=O)C2)c(C)c1. The second-order valence-electron chi connectivity index (χ2n) is 5.69. The first-order valence-electron chi connectivity index (χ1n) is 7.87. The fourth-order valence-electron chi connectivity index (χ4n) is 2.51. The summed E-state index contributed by atoms with van der Waals surface area (Å²) < 4.78 is 5.59. The maximum Gasteiger partial charge on any atom is 0.223 e. The Balaban J connectivity index is 1.88. The van der Waals surface area contributed by atoms with Crippen molar-refractivity contribution in [3.05, 3.63) is 29.3 Å². The zero-order chi connectivity index (χ0) is 15.9. The van der Waals surface area contributed by atoms with Crippen molar-refractivity contribution in [1.29, 1.82) is 0 Å². The van der Waals surface area contributed by atoms with E-state index in [1.807, 2.05) is 25.1 Å². The zero-order valence-electron chi connectivity index (χ0n) is 13.3. The van der Waals surface area contributed by atoms with E-state index in [2.05, 4.69) is 17.6 Å². The monoisotopic (exact) mass is 304 g/mol. The summed E-state index contributed by atoms with van der Waals surface area (Å²) in [6.07, 6.45) is 1.97. The molecule has 1 aliphatic rings. The third-order valence-corrected chi connectivity index (χ3v) is 3.86. The summed E-state index contributed by atoms with van der Waals surface area (Å²) >= 11 is 0. The fraction of sp³-hybridized carbons (Fsp3) is 0.529. The number of carbonyl (C=O) groups excluding carboxylic acids is 2. The van der Waals surface area contributed by atoms with E-state index < -0.39 is 0 Å². The standard InChI is InChI=1S/C17H24N2O3/c1-3-8-22-15-5-4-14(12(2)9-15)11-19-17(21)13-6-7-18-16(20)10-13/h4-5,9,13H,3,6-8,10-11H2,1-2H3,(H,18,20)(H,19,21)/t13-/m1/s1. The lowest BCUT2D eigenvalue weighted by Gasteiger charge is -2.21. The van der Waals surface area contributed by atoms with Crippen LogP contribution in [0.25, 0.3) is 0 Å². The molecule has 1 aliphatic heterocycles. The molecule has 0 aromatic heterocycles. The lowest BCUT2D eigenvalue weighted by molar-refractivity contribution is -0.132. The number of carbonyl (C=O) groups is 2. The molecule has 5 nitrogen and oxygen atoms in total. The zero-order valence-corrected chi connectivity index (χ0v) is 13.3. The summed E-state index contributed by atoms with van der Waals surface area (Å²) in [5, 5.41) is 5.67. The molecule has 1 aromatic rings. The molecule has 0 unspecified atom stereocenters. The van der Waals surface area contributed by atoms with Crippen molar-refractivity contribution in [1.82, 2.24) is 10.6 Å². The molecular formula is C17H24N2O3. The molecule has 2 amide bonds. The lowest BCUT2D eigenvalue weighted by atomic mass is 9.96. The van der Waals surface area contributed by atoms with Gasteiger partial charge >= 0.3 is 0 Å². The van der Waals surface area contributed by atoms with Crippen LogP contribution in [0.2, 0.25) is 0 Å². The van der Waals surface area contributed by atoms with E-state index in [0.717, 1.165) is 23.3 Å². The van der Waals surface area contributed by atoms with Crippen molar-refractivity contribution in [3.8, 4) is 5.75 Å². The number of nitrogens with one attached hydrogen (secondary N) is 2. The summed E-state index contributed by atoms with van der Waals surface area (Å²) in [6, 6.07) is 5.90. The molecule has 22 heavy (non-hydrogen) atoms. The topological polar surface area (TPSA) is 67.4 Å². The van der Waals surface area contributed by atoms with Crippen molar-refractivity contribution in [2.75, 3.05) is 13.2 Å². The van der Waals surface area contributed by atoms with Crippen LogP contribution in [0, 0.1) is 12.8 Å². The van der Waals surface area contributed by atoms with Crippen LogP contribution in [-0.2, 0) is 16.1 Å². The molecule has 1 heterocycles. The van der Waals surface area contributed by atoms with E-state index in [9.17, 15) is 9.59 Å². The second kappa shape index (κ2) is 7.82. The number of rotatable bonds is 6. The molecule has 1 atom stereocenters. The van der Waals surface area contributed by atoms with Gasteiger partial charge in [-0.25, -0.2) is 0 Å². The average molecular weight is 304 g/mol. The van der Waals surface area contributed by atoms with Crippen LogP contribution in [0.4, 0.5) is 0 Å². The molecule has 120 valence electrons. The number of piperidine rings is 1. The van der Waals surface area contributed by atoms with Gasteiger partial charge in [0.15, 0.2) is 0 Å². The van der Waals surface area contributed by atoms with Crippen molar-refractivity contribution in [2.24, 2.45) is 5.92 Å². The van der Waals surface area contributed by atoms with Crippen molar-refractivity contribution >= 4 is 11.8 Å². The Morgan fingerprint density at radius 3 is 2.95 bits per heavy atom. The van der Waals surface area contributed by atoms with Crippen LogP contribution < -0.4 is 15.4 Å². The molecule has 0 spiro atoms. The summed E-state index contributed by atoms with van der Waals surface area (Å²) in [4.78, 5) is 23.4. The molecule has 0 aliphatic carbocycles. The number of ether oxygens (including phenoxy) is 1. The Morgan fingerprint density at radius 1 is 1.45 bits per heavy atom. The van der Waals surface area contributed by atoms with Gasteiger partial charge in [-0.15, -0.1) is 0 Å². The van der Waals surface area contributed by atoms with Gasteiger partial charge in [0.1, 0.15) is 5.75 Å². The van der Waals surface area contributed by atoms with Gasteiger partial charge in [0.2, 0.25) is 11.8 Å². The first kappa shape index (κ1) is 16.3. The minimum absolute atomic E-state index is 0.0411. The van der Waals surface area contributed by atoms with E-state index >= 15 is 0 Å². The molecule has 2 rings (SSSR count). The van der Waals surface area contributed by atoms with E-state index in [1.165, 1.54) is 0 Å². The Kier molecular flexibility index (Phi) is 5.81. The largest absolute Gasteiger partial charge is 0.494 e. The predicted molar refractivity (Wildman–Crippen MR) is 84.5 cm³/mol. The Labute approximate surface area is 131 Å². The quantitative estimate of drug-likeness (QED) is 0.844. The molecule has 0 radical (unpaired) electrons. The normalized spacial score (nSPS) is 17.7. The predicted octanol–water partition coefficient (Wildman–Crippen LogP) is 1.93. The first-order chi connectivity index (χ1) is 10.6. The molecule has 0 bridgehead atoms. The maximum atomic E-state index is 12.1. The smallest absolute Gasteiger partial charge is 0.223 e. The molecule has 5 heteroatoms. The maximum absolute atomic E-state index is 12.1. The molecule has 1 saturated heterocycles. The summed E-state index contributed by atoms with van der Waals surface area (Å²) in [7, 11) is 0. The third kappa shape index (κ3) is 4.48. The van der Waals surface area contributed by atoms with E-state index in [-0.39, 0.29) is 24.2 Å². The molecule has 1 aromatic carbocycles. The minimum atomic E-state index is -0.207. The highest BCUT2D eigenvalue weighted by Crippen LogP contribution is 2.18. The number of amides is 2. The Hall–Kier alpha value is -2.04. The van der Waals surface area contributed by atoms with Gasteiger partial charge in [-0.3, -0.25) is 9.59 Å². The molecule has 2 N–H and O–H groups in total. The summed E-state index contributed by atoms with van der Waals surface area (Å²) in [5.41, 5.74) is 2.16. The van der Waals surface area contributed by atoms with Crippen LogP contribution in [0.1, 0.15) is 37.3 Å². The van der Waals surface area contributed by atoms with Gasteiger partial charge in [-0.1, -0.05) is 13.0 Å². The number of benzene rings is 1. The van der Waals surface area contributed by atoms with Crippen LogP contribution in [0.5, 0.6) is 5.75 Å². The lowest BCUT2D eigenvalue weighted by Crippen LogP contribution is -2.40. The van der Waals surface area contributed by atoms with Crippen LogP contribution in [0.3, 0.4) is 0 Å². The summed E-state index contributed by atoms with van der Waals surface area (Å²) in [6.45, 7) is 5.85. The highest BCUT2D eigenvalue weighted by Gasteiger charge is 2.25. The van der Waals surface area contributed by atoms with Gasteiger partial charge < -0.3 is 15.4 Å². The molecule has 0 saturated carbocycles. The highest BCUT2D eigenvalue weighted by molar-refractivity contribution is 5.86. The average Bonchev–Trinajstić information content (AvgIpc) is 2.51. The van der Waals surface area contributed by atoms with E-state index in [1.54, 1.807) is 0 Å². The molecular weight excluding hydrogens is 280 g/mol. The Bertz CT molecular complexity index is 543. The fourth-order valence-corrected chi connectivity index (χ4v) is 2.51. The van der Waals surface area contributed by atoms with Crippen LogP contribution >= 0.6 is 0 Å². The second-order valence-corrected chi connectivity index (χ2v) is 5.69.